The Bertz CT molecular complexity index is 898. The molecule has 0 radical (unpaired) electrons. The van der Waals surface area contributed by atoms with Gasteiger partial charge in [0.25, 0.3) is 0 Å². The van der Waals surface area contributed by atoms with Crippen LogP contribution in [-0.4, -0.2) is 23.3 Å². The molecule has 33 heavy (non-hydrogen) atoms. The fraction of sp³-hybridized carbons (Fsp3) is 0.833. The van der Waals surface area contributed by atoms with Crippen molar-refractivity contribution >= 4 is 5.97 Å². The smallest absolute Gasteiger partial charge is 0.333 e. The van der Waals surface area contributed by atoms with E-state index in [1.807, 2.05) is 6.92 Å². The largest absolute Gasteiger partial charge is 0.458 e. The Morgan fingerprint density at radius 1 is 1.00 bits per heavy atom. The number of cyclic esters (lactones) is 1. The molecule has 1 aliphatic heterocycles. The molecule has 3 nitrogen and oxygen atoms in total. The summed E-state index contributed by atoms with van der Waals surface area (Å²) in [5, 5.41) is 10.8. The SMILES string of the molecule is CC1=CCC(C(C)C2CCC3(C)C4CCC5C(C)(CCC(O)C5(C)C)C4=CCC23C)OC1=O. The first-order valence-electron chi connectivity index (χ1n) is 13.6. The first-order chi connectivity index (χ1) is 15.4. The quantitative estimate of drug-likeness (QED) is 0.366. The van der Waals surface area contributed by atoms with Gasteiger partial charge in [-0.25, -0.2) is 4.79 Å². The van der Waals surface area contributed by atoms with E-state index in [2.05, 4.69) is 53.7 Å². The first-order valence-corrected chi connectivity index (χ1v) is 13.6. The maximum atomic E-state index is 12.3. The van der Waals surface area contributed by atoms with Crippen molar-refractivity contribution in [3.8, 4) is 0 Å². The number of aliphatic hydroxyl groups excluding tert-OH is 1. The lowest BCUT2D eigenvalue weighted by atomic mass is 9.41. The number of aliphatic hydroxyl groups is 1. The van der Waals surface area contributed by atoms with Crippen LogP contribution >= 0.6 is 0 Å². The van der Waals surface area contributed by atoms with E-state index < -0.39 is 0 Å². The van der Waals surface area contributed by atoms with Crippen molar-refractivity contribution in [1.29, 1.82) is 0 Å². The molecule has 0 aromatic rings. The number of hydrogen-bond acceptors (Lipinski definition) is 3. The first kappa shape index (κ1) is 23.6. The van der Waals surface area contributed by atoms with Gasteiger partial charge in [0.2, 0.25) is 0 Å². The van der Waals surface area contributed by atoms with Crippen molar-refractivity contribution in [1.82, 2.24) is 0 Å². The van der Waals surface area contributed by atoms with Gasteiger partial charge in [0.1, 0.15) is 6.10 Å². The monoisotopic (exact) mass is 454 g/mol. The molecule has 0 bridgehead atoms. The lowest BCUT2D eigenvalue weighted by Crippen LogP contribution is -2.57. The number of allylic oxidation sites excluding steroid dienone is 2. The molecule has 0 aromatic carbocycles. The highest BCUT2D eigenvalue weighted by Crippen LogP contribution is 2.73. The normalized spacial score (nSPS) is 49.7. The predicted octanol–water partition coefficient (Wildman–Crippen LogP) is 6.85. The van der Waals surface area contributed by atoms with E-state index in [1.165, 1.54) is 25.7 Å². The fourth-order valence-corrected chi connectivity index (χ4v) is 9.84. The minimum atomic E-state index is -0.176. The molecule has 0 amide bonds. The van der Waals surface area contributed by atoms with Crippen LogP contribution in [0.25, 0.3) is 0 Å². The van der Waals surface area contributed by atoms with Crippen molar-refractivity contribution in [2.45, 2.75) is 112 Å². The maximum Gasteiger partial charge on any atom is 0.333 e. The summed E-state index contributed by atoms with van der Waals surface area (Å²) in [5.41, 5.74) is 3.25. The van der Waals surface area contributed by atoms with E-state index in [0.717, 1.165) is 31.3 Å². The Labute approximate surface area is 201 Å². The molecule has 5 rings (SSSR count). The van der Waals surface area contributed by atoms with Crippen LogP contribution in [0.1, 0.15) is 99.8 Å². The Hall–Kier alpha value is -1.09. The van der Waals surface area contributed by atoms with Crippen LogP contribution in [0.4, 0.5) is 0 Å². The van der Waals surface area contributed by atoms with Crippen molar-refractivity contribution in [3.63, 3.8) is 0 Å². The summed E-state index contributed by atoms with van der Waals surface area (Å²) in [5.74, 6) is 2.06. The summed E-state index contributed by atoms with van der Waals surface area (Å²) >= 11 is 0. The Kier molecular flexibility index (Phi) is 5.34. The highest BCUT2D eigenvalue weighted by Gasteiger charge is 2.65. The molecule has 3 heteroatoms. The van der Waals surface area contributed by atoms with Crippen LogP contribution < -0.4 is 0 Å². The molecule has 0 saturated heterocycles. The van der Waals surface area contributed by atoms with Crippen molar-refractivity contribution in [3.05, 3.63) is 23.3 Å². The zero-order valence-electron chi connectivity index (χ0n) is 22.0. The number of rotatable bonds is 2. The van der Waals surface area contributed by atoms with Gasteiger partial charge in [0, 0.05) is 12.0 Å². The number of esters is 1. The Morgan fingerprint density at radius 2 is 1.73 bits per heavy atom. The van der Waals surface area contributed by atoms with Crippen LogP contribution in [0.5, 0.6) is 0 Å². The number of carbonyl (C=O) groups excluding carboxylic acids is 1. The molecule has 9 atom stereocenters. The van der Waals surface area contributed by atoms with E-state index in [9.17, 15) is 9.90 Å². The highest BCUT2D eigenvalue weighted by atomic mass is 16.5. The minimum Gasteiger partial charge on any atom is -0.458 e. The van der Waals surface area contributed by atoms with Gasteiger partial charge in [0.15, 0.2) is 0 Å². The predicted molar refractivity (Wildman–Crippen MR) is 132 cm³/mol. The number of fused-ring (bicyclic) bond motifs is 5. The third-order valence-corrected chi connectivity index (χ3v) is 12.3. The molecule has 3 saturated carbocycles. The van der Waals surface area contributed by atoms with Crippen LogP contribution in [0, 0.1) is 45.3 Å². The molecule has 184 valence electrons. The summed E-state index contributed by atoms with van der Waals surface area (Å²) in [6, 6.07) is 0. The molecule has 3 fully saturated rings. The van der Waals surface area contributed by atoms with Crippen LogP contribution in [-0.2, 0) is 9.53 Å². The summed E-state index contributed by atoms with van der Waals surface area (Å²) in [7, 11) is 0. The fourth-order valence-electron chi connectivity index (χ4n) is 9.84. The minimum absolute atomic E-state index is 0.0102. The summed E-state index contributed by atoms with van der Waals surface area (Å²) in [6.45, 7) is 16.5. The number of hydrogen-bond donors (Lipinski definition) is 1. The topological polar surface area (TPSA) is 46.5 Å². The van der Waals surface area contributed by atoms with Crippen molar-refractivity contribution < 1.29 is 14.6 Å². The number of ether oxygens (including phenoxy) is 1. The average molecular weight is 455 g/mol. The molecule has 0 spiro atoms. The Morgan fingerprint density at radius 3 is 2.42 bits per heavy atom. The average Bonchev–Trinajstić information content (AvgIpc) is 3.04. The van der Waals surface area contributed by atoms with Crippen LogP contribution in [0.15, 0.2) is 23.3 Å². The second-order valence-corrected chi connectivity index (χ2v) is 13.7. The van der Waals surface area contributed by atoms with Gasteiger partial charge >= 0.3 is 5.97 Å². The van der Waals surface area contributed by atoms with Gasteiger partial charge < -0.3 is 9.84 Å². The van der Waals surface area contributed by atoms with Gasteiger partial charge in [-0.05, 0) is 97.2 Å². The molecule has 1 N–H and O–H groups in total. The zero-order valence-corrected chi connectivity index (χ0v) is 22.0. The second kappa shape index (κ2) is 7.45. The van der Waals surface area contributed by atoms with E-state index in [4.69, 9.17) is 4.74 Å². The van der Waals surface area contributed by atoms with Gasteiger partial charge in [-0.2, -0.15) is 0 Å². The lowest BCUT2D eigenvalue weighted by molar-refractivity contribution is -0.151. The van der Waals surface area contributed by atoms with Gasteiger partial charge in [-0.1, -0.05) is 59.3 Å². The molecular formula is C30H46O3. The third kappa shape index (κ3) is 3.06. The molecule has 1 heterocycles. The van der Waals surface area contributed by atoms with Gasteiger partial charge in [-0.3, -0.25) is 0 Å². The maximum absolute atomic E-state index is 12.3. The van der Waals surface area contributed by atoms with E-state index in [1.54, 1.807) is 5.57 Å². The van der Waals surface area contributed by atoms with Gasteiger partial charge in [-0.15, -0.1) is 0 Å². The van der Waals surface area contributed by atoms with E-state index >= 15 is 0 Å². The summed E-state index contributed by atoms with van der Waals surface area (Å²) < 4.78 is 5.91. The lowest BCUT2D eigenvalue weighted by Gasteiger charge is -2.64. The van der Waals surface area contributed by atoms with E-state index in [0.29, 0.717) is 29.1 Å². The molecular weight excluding hydrogens is 408 g/mol. The molecule has 9 unspecified atom stereocenters. The Balaban J connectivity index is 1.46. The number of carbonyl (C=O) groups is 1. The van der Waals surface area contributed by atoms with Gasteiger partial charge in [0.05, 0.1) is 6.10 Å². The molecule has 5 aliphatic rings. The third-order valence-electron chi connectivity index (χ3n) is 12.3. The van der Waals surface area contributed by atoms with Crippen LogP contribution in [0.2, 0.25) is 0 Å². The second-order valence-electron chi connectivity index (χ2n) is 13.7. The van der Waals surface area contributed by atoms with Crippen molar-refractivity contribution in [2.75, 3.05) is 0 Å². The standard InChI is InChI=1S/C30H46O3/c1-18-8-10-23(33-26(18)32)19(2)20-12-16-30(7)22-9-11-24-27(3,4)25(31)14-15-28(24,5)21(22)13-17-29(20,30)6/h8,13,19-20,22-25,31H,9-12,14-17H2,1-7H3. The molecule has 0 aromatic heterocycles. The van der Waals surface area contributed by atoms with Crippen molar-refractivity contribution in [2.24, 2.45) is 45.3 Å². The van der Waals surface area contributed by atoms with E-state index in [-0.39, 0.29) is 34.4 Å². The van der Waals surface area contributed by atoms with Crippen LogP contribution in [0.3, 0.4) is 0 Å². The summed E-state index contributed by atoms with van der Waals surface area (Å²) in [6.07, 6.45) is 13.7. The highest BCUT2D eigenvalue weighted by molar-refractivity contribution is 5.88. The summed E-state index contributed by atoms with van der Waals surface area (Å²) in [4.78, 5) is 12.3. The zero-order chi connectivity index (χ0) is 24.0. The molecule has 4 aliphatic carbocycles.